The fourth-order valence-electron chi connectivity index (χ4n) is 1.75. The van der Waals surface area contributed by atoms with Crippen LogP contribution in [0.3, 0.4) is 0 Å². The van der Waals surface area contributed by atoms with E-state index in [2.05, 4.69) is 13.8 Å². The van der Waals surface area contributed by atoms with Crippen LogP contribution in [-0.4, -0.2) is 22.1 Å². The van der Waals surface area contributed by atoms with E-state index in [1.165, 1.54) is 12.8 Å². The standard InChI is InChI=1S/C16H21ClO2S/c1-3-4-7-12(2)20-11-14(16(18)19)10-13-8-5-6-9-15(13)17/h5-6,8-10,12H,3-4,7,11H2,1-2H3,(H,18,19)/b14-10+. The first kappa shape index (κ1) is 17.1. The zero-order valence-electron chi connectivity index (χ0n) is 11.9. The zero-order valence-corrected chi connectivity index (χ0v) is 13.5. The second-order valence-electron chi connectivity index (χ2n) is 4.76. The summed E-state index contributed by atoms with van der Waals surface area (Å²) in [7, 11) is 0. The molecule has 1 unspecified atom stereocenters. The molecule has 4 heteroatoms. The fourth-order valence-corrected chi connectivity index (χ4v) is 2.95. The molecule has 110 valence electrons. The van der Waals surface area contributed by atoms with Gasteiger partial charge < -0.3 is 5.11 Å². The van der Waals surface area contributed by atoms with Crippen LogP contribution < -0.4 is 0 Å². The highest BCUT2D eigenvalue weighted by Crippen LogP contribution is 2.23. The maximum atomic E-state index is 11.3. The van der Waals surface area contributed by atoms with E-state index in [1.54, 1.807) is 23.9 Å². The second-order valence-corrected chi connectivity index (χ2v) is 6.59. The number of benzene rings is 1. The van der Waals surface area contributed by atoms with Gasteiger partial charge in [0.15, 0.2) is 0 Å². The molecule has 0 aliphatic carbocycles. The monoisotopic (exact) mass is 312 g/mol. The summed E-state index contributed by atoms with van der Waals surface area (Å²) in [5, 5.41) is 10.3. The van der Waals surface area contributed by atoms with Crippen molar-refractivity contribution in [1.29, 1.82) is 0 Å². The van der Waals surface area contributed by atoms with Crippen LogP contribution in [-0.2, 0) is 4.79 Å². The largest absolute Gasteiger partial charge is 0.478 e. The van der Waals surface area contributed by atoms with E-state index >= 15 is 0 Å². The Morgan fingerprint density at radius 3 is 2.75 bits per heavy atom. The number of carboxylic acid groups (broad SMARTS) is 1. The summed E-state index contributed by atoms with van der Waals surface area (Å²) in [4.78, 5) is 11.3. The van der Waals surface area contributed by atoms with Gasteiger partial charge in [-0.1, -0.05) is 56.5 Å². The van der Waals surface area contributed by atoms with Crippen molar-refractivity contribution in [1.82, 2.24) is 0 Å². The predicted molar refractivity (Wildman–Crippen MR) is 88.5 cm³/mol. The number of carboxylic acids is 1. The van der Waals surface area contributed by atoms with Crippen LogP contribution >= 0.6 is 23.4 Å². The van der Waals surface area contributed by atoms with Crippen molar-refractivity contribution in [3.63, 3.8) is 0 Å². The molecule has 0 saturated heterocycles. The minimum atomic E-state index is -0.875. The van der Waals surface area contributed by atoms with E-state index in [-0.39, 0.29) is 0 Å². The van der Waals surface area contributed by atoms with Crippen molar-refractivity contribution < 1.29 is 9.90 Å². The second kappa shape index (κ2) is 9.09. The number of carbonyl (C=O) groups is 1. The molecule has 0 radical (unpaired) electrons. The smallest absolute Gasteiger partial charge is 0.332 e. The van der Waals surface area contributed by atoms with E-state index in [4.69, 9.17) is 11.6 Å². The SMILES string of the molecule is CCCCC(C)SC/C(=C\c1ccccc1Cl)C(=O)O. The van der Waals surface area contributed by atoms with E-state index < -0.39 is 5.97 Å². The molecule has 0 aliphatic heterocycles. The number of hydrogen-bond donors (Lipinski definition) is 1. The molecule has 1 N–H and O–H groups in total. The van der Waals surface area contributed by atoms with E-state index in [0.29, 0.717) is 21.6 Å². The highest BCUT2D eigenvalue weighted by Gasteiger charge is 2.11. The Hall–Kier alpha value is -0.930. The molecule has 2 nitrogen and oxygen atoms in total. The van der Waals surface area contributed by atoms with Crippen molar-refractivity contribution in [2.45, 2.75) is 38.4 Å². The number of aliphatic carboxylic acids is 1. The first-order chi connectivity index (χ1) is 9.54. The Labute approximate surface area is 130 Å². The maximum absolute atomic E-state index is 11.3. The molecule has 0 fully saturated rings. The highest BCUT2D eigenvalue weighted by atomic mass is 35.5. The molecule has 0 aliphatic rings. The first-order valence-corrected chi connectivity index (χ1v) is 8.27. The molecule has 1 aromatic carbocycles. The lowest BCUT2D eigenvalue weighted by molar-refractivity contribution is -0.132. The van der Waals surface area contributed by atoms with Crippen molar-refractivity contribution >= 4 is 35.4 Å². The highest BCUT2D eigenvalue weighted by molar-refractivity contribution is 8.00. The molecule has 1 aromatic rings. The Morgan fingerprint density at radius 2 is 2.15 bits per heavy atom. The molecular weight excluding hydrogens is 292 g/mol. The van der Waals surface area contributed by atoms with Crippen LogP contribution in [0.2, 0.25) is 5.02 Å². The van der Waals surface area contributed by atoms with Gasteiger partial charge in [-0.25, -0.2) is 4.79 Å². The number of rotatable bonds is 8. The third-order valence-corrected chi connectivity index (χ3v) is 4.62. The fraction of sp³-hybridized carbons (Fsp3) is 0.438. The van der Waals surface area contributed by atoms with Crippen LogP contribution in [0.5, 0.6) is 0 Å². The predicted octanol–water partition coefficient (Wildman–Crippen LogP) is 5.12. The molecule has 0 aromatic heterocycles. The summed E-state index contributed by atoms with van der Waals surface area (Å²) in [6.07, 6.45) is 5.15. The van der Waals surface area contributed by atoms with Crippen LogP contribution in [0.25, 0.3) is 6.08 Å². The molecular formula is C16H21ClO2S. The topological polar surface area (TPSA) is 37.3 Å². The number of hydrogen-bond acceptors (Lipinski definition) is 2. The van der Waals surface area contributed by atoms with Gasteiger partial charge in [0.1, 0.15) is 0 Å². The van der Waals surface area contributed by atoms with Gasteiger partial charge in [0.25, 0.3) is 0 Å². The quantitative estimate of drug-likeness (QED) is 0.677. The summed E-state index contributed by atoms with van der Waals surface area (Å²) in [6.45, 7) is 4.31. The lowest BCUT2D eigenvalue weighted by Crippen LogP contribution is -2.06. The summed E-state index contributed by atoms with van der Waals surface area (Å²) in [6, 6.07) is 7.29. The molecule has 20 heavy (non-hydrogen) atoms. The minimum absolute atomic E-state index is 0.395. The average Bonchev–Trinajstić information content (AvgIpc) is 2.42. The zero-order chi connectivity index (χ0) is 15.0. The lowest BCUT2D eigenvalue weighted by atomic mass is 10.1. The number of halogens is 1. The Balaban J connectivity index is 2.70. The Morgan fingerprint density at radius 1 is 1.45 bits per heavy atom. The normalized spacial score (nSPS) is 13.2. The van der Waals surface area contributed by atoms with Crippen LogP contribution in [0.15, 0.2) is 29.8 Å². The van der Waals surface area contributed by atoms with Gasteiger partial charge in [-0.3, -0.25) is 0 Å². The summed E-state index contributed by atoms with van der Waals surface area (Å²) in [5.74, 6) is -0.370. The molecule has 0 heterocycles. The Bertz CT molecular complexity index is 471. The summed E-state index contributed by atoms with van der Waals surface area (Å²) in [5.41, 5.74) is 1.15. The minimum Gasteiger partial charge on any atom is -0.478 e. The van der Waals surface area contributed by atoms with Crippen LogP contribution in [0.1, 0.15) is 38.7 Å². The summed E-state index contributed by atoms with van der Waals surface area (Å²) < 4.78 is 0. The van der Waals surface area contributed by atoms with Gasteiger partial charge in [-0.15, -0.1) is 0 Å². The first-order valence-electron chi connectivity index (χ1n) is 6.84. The van der Waals surface area contributed by atoms with Gasteiger partial charge in [-0.2, -0.15) is 11.8 Å². The van der Waals surface area contributed by atoms with Crippen molar-refractivity contribution in [3.05, 3.63) is 40.4 Å². The third-order valence-electron chi connectivity index (χ3n) is 3.00. The van der Waals surface area contributed by atoms with E-state index in [9.17, 15) is 9.90 Å². The maximum Gasteiger partial charge on any atom is 0.332 e. The van der Waals surface area contributed by atoms with Crippen molar-refractivity contribution in [3.8, 4) is 0 Å². The van der Waals surface area contributed by atoms with Gasteiger partial charge in [0, 0.05) is 21.6 Å². The Kier molecular flexibility index (Phi) is 7.78. The number of unbranched alkanes of at least 4 members (excludes halogenated alkanes) is 1. The molecule has 0 bridgehead atoms. The van der Waals surface area contributed by atoms with Crippen molar-refractivity contribution in [2.75, 3.05) is 5.75 Å². The van der Waals surface area contributed by atoms with Gasteiger partial charge >= 0.3 is 5.97 Å². The summed E-state index contributed by atoms with van der Waals surface area (Å²) >= 11 is 7.75. The molecule has 0 amide bonds. The lowest BCUT2D eigenvalue weighted by Gasteiger charge is -2.11. The van der Waals surface area contributed by atoms with Crippen molar-refractivity contribution in [2.24, 2.45) is 0 Å². The van der Waals surface area contributed by atoms with Gasteiger partial charge in [0.05, 0.1) is 0 Å². The molecule has 1 rings (SSSR count). The van der Waals surface area contributed by atoms with E-state index in [1.807, 2.05) is 18.2 Å². The average molecular weight is 313 g/mol. The van der Waals surface area contributed by atoms with Gasteiger partial charge in [0.2, 0.25) is 0 Å². The molecule has 1 atom stereocenters. The van der Waals surface area contributed by atoms with Crippen LogP contribution in [0.4, 0.5) is 0 Å². The van der Waals surface area contributed by atoms with Crippen LogP contribution in [0, 0.1) is 0 Å². The van der Waals surface area contributed by atoms with Gasteiger partial charge in [-0.05, 0) is 24.1 Å². The number of thioether (sulfide) groups is 1. The van der Waals surface area contributed by atoms with E-state index in [0.717, 1.165) is 12.0 Å². The third kappa shape index (κ3) is 6.02. The molecule has 0 spiro atoms. The molecule has 0 saturated carbocycles.